The highest BCUT2D eigenvalue weighted by molar-refractivity contribution is 7.89. The summed E-state index contributed by atoms with van der Waals surface area (Å²) in [5.74, 6) is -0.917. The monoisotopic (exact) mass is 424 g/mol. The van der Waals surface area contributed by atoms with Gasteiger partial charge in [0.1, 0.15) is 10.6 Å². The number of nitrogens with zero attached hydrogens (tertiary/aromatic N) is 1. The van der Waals surface area contributed by atoms with E-state index in [9.17, 15) is 18.0 Å². The summed E-state index contributed by atoms with van der Waals surface area (Å²) in [6, 6.07) is 4.40. The van der Waals surface area contributed by atoms with E-state index >= 15 is 0 Å². The second-order valence-electron chi connectivity index (χ2n) is 6.75. The maximum Gasteiger partial charge on any atom is 0.333 e. The SMILES string of the molecule is CC/C=C(/C)C(=O)OCC(=O)Nc1ccc(OC)c(S(=O)(=O)N2CCCCC2)c1. The maximum atomic E-state index is 13.0. The molecule has 1 N–H and O–H groups in total. The van der Waals surface area contributed by atoms with Crippen molar-refractivity contribution in [1.82, 2.24) is 4.31 Å². The fourth-order valence-electron chi connectivity index (χ4n) is 3.03. The van der Waals surface area contributed by atoms with E-state index in [0.29, 0.717) is 25.1 Å². The van der Waals surface area contributed by atoms with Crippen molar-refractivity contribution in [3.05, 3.63) is 29.8 Å². The number of methoxy groups -OCH3 is 1. The van der Waals surface area contributed by atoms with Crippen molar-refractivity contribution in [3.63, 3.8) is 0 Å². The fraction of sp³-hybridized carbons (Fsp3) is 0.500. The molecule has 0 aliphatic carbocycles. The van der Waals surface area contributed by atoms with E-state index < -0.39 is 28.5 Å². The third-order valence-electron chi connectivity index (χ3n) is 4.55. The predicted molar refractivity (Wildman–Crippen MR) is 109 cm³/mol. The minimum absolute atomic E-state index is 0.00146. The molecule has 29 heavy (non-hydrogen) atoms. The molecule has 0 spiro atoms. The lowest BCUT2D eigenvalue weighted by molar-refractivity contribution is -0.143. The van der Waals surface area contributed by atoms with Gasteiger partial charge in [-0.1, -0.05) is 19.4 Å². The molecule has 1 aromatic carbocycles. The second-order valence-corrected chi connectivity index (χ2v) is 8.66. The highest BCUT2D eigenvalue weighted by Crippen LogP contribution is 2.31. The molecule has 2 rings (SSSR count). The number of hydrogen-bond acceptors (Lipinski definition) is 6. The zero-order chi connectivity index (χ0) is 21.4. The number of amides is 1. The standard InChI is InChI=1S/C20H28N2O6S/c1-4-8-15(2)20(24)28-14-19(23)21-16-9-10-17(27-3)18(13-16)29(25,26)22-11-6-5-7-12-22/h8-10,13H,4-7,11-12,14H2,1-3H3,(H,21,23)/b15-8-. The van der Waals surface area contributed by atoms with Gasteiger partial charge in [-0.05, 0) is 44.4 Å². The molecule has 0 saturated carbocycles. The van der Waals surface area contributed by atoms with Gasteiger partial charge in [0.2, 0.25) is 10.0 Å². The van der Waals surface area contributed by atoms with Gasteiger partial charge < -0.3 is 14.8 Å². The Balaban J connectivity index is 2.12. The molecule has 1 aliphatic heterocycles. The van der Waals surface area contributed by atoms with Crippen molar-refractivity contribution >= 4 is 27.6 Å². The number of hydrogen-bond donors (Lipinski definition) is 1. The van der Waals surface area contributed by atoms with Crippen molar-refractivity contribution in [2.45, 2.75) is 44.4 Å². The lowest BCUT2D eigenvalue weighted by Gasteiger charge is -2.26. The van der Waals surface area contributed by atoms with Gasteiger partial charge >= 0.3 is 5.97 Å². The van der Waals surface area contributed by atoms with Crippen molar-refractivity contribution in [1.29, 1.82) is 0 Å². The zero-order valence-electron chi connectivity index (χ0n) is 17.1. The molecule has 9 heteroatoms. The number of rotatable bonds is 8. The van der Waals surface area contributed by atoms with Crippen LogP contribution >= 0.6 is 0 Å². The number of anilines is 1. The van der Waals surface area contributed by atoms with E-state index in [2.05, 4.69) is 5.32 Å². The normalized spacial score (nSPS) is 15.6. The number of benzene rings is 1. The van der Waals surface area contributed by atoms with Crippen LogP contribution in [0.2, 0.25) is 0 Å². The maximum absolute atomic E-state index is 13.0. The average molecular weight is 425 g/mol. The highest BCUT2D eigenvalue weighted by atomic mass is 32.2. The Morgan fingerprint density at radius 3 is 2.52 bits per heavy atom. The zero-order valence-corrected chi connectivity index (χ0v) is 17.9. The van der Waals surface area contributed by atoms with Crippen LogP contribution in [0.15, 0.2) is 34.7 Å². The third kappa shape index (κ3) is 6.04. The van der Waals surface area contributed by atoms with Gasteiger partial charge in [-0.25, -0.2) is 13.2 Å². The number of carbonyl (C=O) groups is 2. The molecule has 1 amide bonds. The summed E-state index contributed by atoms with van der Waals surface area (Å²) in [6.07, 6.45) is 5.03. The number of ether oxygens (including phenoxy) is 2. The van der Waals surface area contributed by atoms with Crippen LogP contribution in [-0.2, 0) is 24.3 Å². The van der Waals surface area contributed by atoms with Gasteiger partial charge in [0.05, 0.1) is 7.11 Å². The van der Waals surface area contributed by atoms with Gasteiger partial charge in [0.25, 0.3) is 5.91 Å². The summed E-state index contributed by atoms with van der Waals surface area (Å²) >= 11 is 0. The van der Waals surface area contributed by atoms with Crippen molar-refractivity contribution in [3.8, 4) is 5.75 Å². The van der Waals surface area contributed by atoms with E-state index in [1.54, 1.807) is 13.0 Å². The van der Waals surface area contributed by atoms with E-state index in [1.165, 1.54) is 29.6 Å². The topological polar surface area (TPSA) is 102 Å². The third-order valence-corrected chi connectivity index (χ3v) is 6.47. The molecule has 160 valence electrons. The van der Waals surface area contributed by atoms with Crippen LogP contribution in [0, 0.1) is 0 Å². The van der Waals surface area contributed by atoms with Crippen LogP contribution < -0.4 is 10.1 Å². The van der Waals surface area contributed by atoms with Gasteiger partial charge in [0, 0.05) is 24.4 Å². The van der Waals surface area contributed by atoms with Gasteiger partial charge in [-0.2, -0.15) is 4.31 Å². The molecule has 8 nitrogen and oxygen atoms in total. The second kappa shape index (κ2) is 10.4. The van der Waals surface area contributed by atoms with Crippen molar-refractivity contribution in [2.75, 3.05) is 32.1 Å². The summed E-state index contributed by atoms with van der Waals surface area (Å²) in [5, 5.41) is 2.56. The largest absolute Gasteiger partial charge is 0.495 e. The van der Waals surface area contributed by atoms with Crippen molar-refractivity contribution < 1.29 is 27.5 Å². The lowest BCUT2D eigenvalue weighted by Crippen LogP contribution is -2.35. The van der Waals surface area contributed by atoms with Crippen LogP contribution in [0.3, 0.4) is 0 Å². The predicted octanol–water partition coefficient (Wildman–Crippen LogP) is 2.71. The summed E-state index contributed by atoms with van der Waals surface area (Å²) in [7, 11) is -2.34. The molecule has 0 radical (unpaired) electrons. The van der Waals surface area contributed by atoms with E-state index in [4.69, 9.17) is 9.47 Å². The Morgan fingerprint density at radius 1 is 1.21 bits per heavy atom. The Morgan fingerprint density at radius 2 is 1.90 bits per heavy atom. The quantitative estimate of drug-likeness (QED) is 0.509. The molecule has 0 aromatic heterocycles. The van der Waals surface area contributed by atoms with Crippen LogP contribution in [0.25, 0.3) is 0 Å². The first kappa shape index (κ1) is 22.9. The van der Waals surface area contributed by atoms with E-state index in [-0.39, 0.29) is 16.3 Å². The number of sulfonamides is 1. The first-order chi connectivity index (χ1) is 13.8. The molecule has 0 unspecified atom stereocenters. The van der Waals surface area contributed by atoms with Crippen molar-refractivity contribution in [2.24, 2.45) is 0 Å². The minimum atomic E-state index is -3.74. The van der Waals surface area contributed by atoms with Crippen LogP contribution in [0.5, 0.6) is 5.75 Å². The van der Waals surface area contributed by atoms with Gasteiger partial charge in [0.15, 0.2) is 6.61 Å². The molecule has 1 aromatic rings. The Bertz CT molecular complexity index is 873. The Labute approximate surface area is 171 Å². The Kier molecular flexibility index (Phi) is 8.21. The molecule has 0 bridgehead atoms. The molecule has 1 saturated heterocycles. The van der Waals surface area contributed by atoms with Crippen LogP contribution in [-0.4, -0.2) is 51.4 Å². The summed E-state index contributed by atoms with van der Waals surface area (Å²) in [6.45, 7) is 3.97. The lowest BCUT2D eigenvalue weighted by atomic mass is 10.2. The molecular weight excluding hydrogens is 396 g/mol. The minimum Gasteiger partial charge on any atom is -0.495 e. The number of piperidine rings is 1. The number of carbonyl (C=O) groups excluding carboxylic acids is 2. The van der Waals surface area contributed by atoms with Gasteiger partial charge in [-0.3, -0.25) is 4.79 Å². The number of esters is 1. The Hall–Kier alpha value is -2.39. The summed E-state index contributed by atoms with van der Waals surface area (Å²) < 4.78 is 37.6. The average Bonchev–Trinajstić information content (AvgIpc) is 2.72. The first-order valence-corrected chi connectivity index (χ1v) is 11.1. The summed E-state index contributed by atoms with van der Waals surface area (Å²) in [5.41, 5.74) is 0.711. The number of allylic oxidation sites excluding steroid dienone is 1. The molecule has 1 aliphatic rings. The van der Waals surface area contributed by atoms with Crippen LogP contribution in [0.4, 0.5) is 5.69 Å². The fourth-order valence-corrected chi connectivity index (χ4v) is 4.73. The first-order valence-electron chi connectivity index (χ1n) is 9.61. The smallest absolute Gasteiger partial charge is 0.333 e. The highest BCUT2D eigenvalue weighted by Gasteiger charge is 2.29. The van der Waals surface area contributed by atoms with E-state index in [1.807, 2.05) is 6.92 Å². The molecule has 1 fully saturated rings. The van der Waals surface area contributed by atoms with Gasteiger partial charge in [-0.15, -0.1) is 0 Å². The van der Waals surface area contributed by atoms with Crippen LogP contribution in [0.1, 0.15) is 39.5 Å². The summed E-state index contributed by atoms with van der Waals surface area (Å²) in [4.78, 5) is 23.9. The number of nitrogens with one attached hydrogen (secondary N) is 1. The molecular formula is C20H28N2O6S. The molecule has 0 atom stereocenters. The van der Waals surface area contributed by atoms with E-state index in [0.717, 1.165) is 19.3 Å². The molecule has 1 heterocycles.